The van der Waals surface area contributed by atoms with Gasteiger partial charge in [-0.05, 0) is 46.2 Å². The molecular weight excluding hydrogens is 202 g/mol. The van der Waals surface area contributed by atoms with Crippen LogP contribution in [0, 0.1) is 5.92 Å². The molecule has 0 spiro atoms. The number of carbonyl (C=O) groups is 1. The molecule has 16 heavy (non-hydrogen) atoms. The molecule has 0 aromatic heterocycles. The molecule has 0 aliphatic carbocycles. The standard InChI is InChI=1S/C12H25N3O/c1-9(14-10(2)12(16)13-3)11-6-5-7-15(4)8-11/h9-11,14H,5-8H2,1-4H3,(H,13,16). The van der Waals surface area contributed by atoms with Crippen LogP contribution in [0.15, 0.2) is 0 Å². The first-order valence-electron chi connectivity index (χ1n) is 6.20. The van der Waals surface area contributed by atoms with E-state index in [1.807, 2.05) is 6.92 Å². The van der Waals surface area contributed by atoms with Crippen molar-refractivity contribution in [3.8, 4) is 0 Å². The van der Waals surface area contributed by atoms with Crippen LogP contribution in [0.4, 0.5) is 0 Å². The Morgan fingerprint density at radius 3 is 2.69 bits per heavy atom. The van der Waals surface area contributed by atoms with Crippen molar-refractivity contribution >= 4 is 5.91 Å². The van der Waals surface area contributed by atoms with Crippen LogP contribution in [0.5, 0.6) is 0 Å². The summed E-state index contributed by atoms with van der Waals surface area (Å²) in [6, 6.07) is 0.294. The van der Waals surface area contributed by atoms with Gasteiger partial charge in [-0.2, -0.15) is 0 Å². The van der Waals surface area contributed by atoms with Gasteiger partial charge in [-0.25, -0.2) is 0 Å². The van der Waals surface area contributed by atoms with E-state index >= 15 is 0 Å². The normalized spacial score (nSPS) is 26.1. The molecule has 0 saturated carbocycles. The Labute approximate surface area is 98.8 Å². The molecule has 4 nitrogen and oxygen atoms in total. The maximum atomic E-state index is 11.4. The summed E-state index contributed by atoms with van der Waals surface area (Å²) in [5, 5.41) is 6.05. The smallest absolute Gasteiger partial charge is 0.236 e. The second kappa shape index (κ2) is 6.21. The third kappa shape index (κ3) is 3.76. The predicted octanol–water partition coefficient (Wildman–Crippen LogP) is 0.441. The number of carbonyl (C=O) groups excluding carboxylic acids is 1. The topological polar surface area (TPSA) is 44.4 Å². The van der Waals surface area contributed by atoms with E-state index in [2.05, 4.69) is 29.5 Å². The Morgan fingerprint density at radius 1 is 1.44 bits per heavy atom. The fraction of sp³-hybridized carbons (Fsp3) is 0.917. The summed E-state index contributed by atoms with van der Waals surface area (Å²) in [4.78, 5) is 13.8. The van der Waals surface area contributed by atoms with Gasteiger partial charge in [0.05, 0.1) is 6.04 Å². The zero-order valence-electron chi connectivity index (χ0n) is 10.9. The summed E-state index contributed by atoms with van der Waals surface area (Å²) >= 11 is 0. The Kier molecular flexibility index (Phi) is 5.22. The fourth-order valence-corrected chi connectivity index (χ4v) is 2.44. The summed E-state index contributed by atoms with van der Waals surface area (Å²) in [6.07, 6.45) is 2.53. The van der Waals surface area contributed by atoms with E-state index in [4.69, 9.17) is 0 Å². The van der Waals surface area contributed by atoms with Crippen LogP contribution in [0.2, 0.25) is 0 Å². The molecule has 3 unspecified atom stereocenters. The van der Waals surface area contributed by atoms with E-state index < -0.39 is 0 Å². The molecule has 0 aromatic carbocycles. The van der Waals surface area contributed by atoms with Gasteiger partial charge >= 0.3 is 0 Å². The van der Waals surface area contributed by atoms with E-state index in [1.54, 1.807) is 7.05 Å². The van der Waals surface area contributed by atoms with Crippen LogP contribution >= 0.6 is 0 Å². The summed E-state index contributed by atoms with van der Waals surface area (Å²) < 4.78 is 0. The third-order valence-electron chi connectivity index (χ3n) is 3.52. The maximum Gasteiger partial charge on any atom is 0.236 e. The molecule has 1 aliphatic heterocycles. The van der Waals surface area contributed by atoms with Crippen molar-refractivity contribution < 1.29 is 4.79 Å². The van der Waals surface area contributed by atoms with Gasteiger partial charge in [0.25, 0.3) is 0 Å². The van der Waals surface area contributed by atoms with Crippen molar-refractivity contribution in [1.82, 2.24) is 15.5 Å². The molecule has 1 rings (SSSR count). The monoisotopic (exact) mass is 227 g/mol. The minimum absolute atomic E-state index is 0.0658. The second-order valence-electron chi connectivity index (χ2n) is 4.96. The van der Waals surface area contributed by atoms with Crippen molar-refractivity contribution in [3.63, 3.8) is 0 Å². The van der Waals surface area contributed by atoms with Gasteiger partial charge in [-0.3, -0.25) is 4.79 Å². The summed E-state index contributed by atoms with van der Waals surface area (Å²) in [6.45, 7) is 6.44. The first-order valence-corrected chi connectivity index (χ1v) is 6.20. The van der Waals surface area contributed by atoms with E-state index in [1.165, 1.54) is 19.4 Å². The quantitative estimate of drug-likeness (QED) is 0.732. The lowest BCUT2D eigenvalue weighted by Gasteiger charge is -2.34. The highest BCUT2D eigenvalue weighted by molar-refractivity contribution is 5.80. The first kappa shape index (κ1) is 13.5. The second-order valence-corrected chi connectivity index (χ2v) is 4.96. The lowest BCUT2D eigenvalue weighted by atomic mass is 9.91. The average molecular weight is 227 g/mol. The van der Waals surface area contributed by atoms with Crippen molar-refractivity contribution in [2.45, 2.75) is 38.8 Å². The van der Waals surface area contributed by atoms with Crippen LogP contribution < -0.4 is 10.6 Å². The van der Waals surface area contributed by atoms with Crippen LogP contribution in [-0.2, 0) is 4.79 Å². The first-order chi connectivity index (χ1) is 7.54. The molecule has 0 bridgehead atoms. The number of rotatable bonds is 4. The molecule has 94 valence electrons. The zero-order valence-corrected chi connectivity index (χ0v) is 10.9. The molecule has 3 atom stereocenters. The fourth-order valence-electron chi connectivity index (χ4n) is 2.44. The van der Waals surface area contributed by atoms with Crippen molar-refractivity contribution in [2.75, 3.05) is 27.2 Å². The lowest BCUT2D eigenvalue weighted by Crippen LogP contribution is -2.50. The SMILES string of the molecule is CNC(=O)C(C)NC(C)C1CCCN(C)C1. The minimum Gasteiger partial charge on any atom is -0.358 e. The molecule has 0 aromatic rings. The maximum absolute atomic E-state index is 11.4. The summed E-state index contributed by atoms with van der Waals surface area (Å²) in [5.74, 6) is 0.724. The van der Waals surface area contributed by atoms with Gasteiger partial charge in [0.2, 0.25) is 5.91 Å². The van der Waals surface area contributed by atoms with Gasteiger partial charge in [-0.15, -0.1) is 0 Å². The largest absolute Gasteiger partial charge is 0.358 e. The number of nitrogens with one attached hydrogen (secondary N) is 2. The van der Waals surface area contributed by atoms with Crippen LogP contribution in [0.25, 0.3) is 0 Å². The number of hydrogen-bond acceptors (Lipinski definition) is 3. The summed E-state index contributed by atoms with van der Waals surface area (Å²) in [7, 11) is 3.85. The zero-order chi connectivity index (χ0) is 12.1. The van der Waals surface area contributed by atoms with E-state index in [0.717, 1.165) is 6.54 Å². The predicted molar refractivity (Wildman–Crippen MR) is 66.3 cm³/mol. The van der Waals surface area contributed by atoms with Crippen LogP contribution in [-0.4, -0.2) is 50.1 Å². The highest BCUT2D eigenvalue weighted by Crippen LogP contribution is 2.18. The van der Waals surface area contributed by atoms with E-state index in [9.17, 15) is 4.79 Å². The molecule has 0 radical (unpaired) electrons. The van der Waals surface area contributed by atoms with Crippen molar-refractivity contribution in [1.29, 1.82) is 0 Å². The summed E-state index contributed by atoms with van der Waals surface area (Å²) in [5.41, 5.74) is 0. The molecule has 1 amide bonds. The Morgan fingerprint density at radius 2 is 2.12 bits per heavy atom. The van der Waals surface area contributed by atoms with E-state index in [-0.39, 0.29) is 11.9 Å². The Bertz CT molecular complexity index is 232. The highest BCUT2D eigenvalue weighted by Gasteiger charge is 2.24. The molecule has 1 fully saturated rings. The van der Waals surface area contributed by atoms with Crippen LogP contribution in [0.1, 0.15) is 26.7 Å². The average Bonchev–Trinajstić information content (AvgIpc) is 2.27. The molecular formula is C12H25N3O. The minimum atomic E-state index is -0.104. The Hall–Kier alpha value is -0.610. The number of piperidine rings is 1. The lowest BCUT2D eigenvalue weighted by molar-refractivity contribution is -0.122. The van der Waals surface area contributed by atoms with Gasteiger partial charge < -0.3 is 15.5 Å². The van der Waals surface area contributed by atoms with Gasteiger partial charge in [-0.1, -0.05) is 0 Å². The molecule has 2 N–H and O–H groups in total. The van der Waals surface area contributed by atoms with Crippen molar-refractivity contribution in [3.05, 3.63) is 0 Å². The number of likely N-dealkylation sites (N-methyl/N-ethyl adjacent to an activating group) is 1. The third-order valence-corrected chi connectivity index (χ3v) is 3.52. The number of nitrogens with zero attached hydrogens (tertiary/aromatic N) is 1. The number of likely N-dealkylation sites (tertiary alicyclic amines) is 1. The number of hydrogen-bond donors (Lipinski definition) is 2. The van der Waals surface area contributed by atoms with E-state index in [0.29, 0.717) is 12.0 Å². The van der Waals surface area contributed by atoms with Gasteiger partial charge in [0.1, 0.15) is 0 Å². The number of amides is 1. The van der Waals surface area contributed by atoms with Gasteiger partial charge in [0, 0.05) is 19.6 Å². The molecule has 1 heterocycles. The van der Waals surface area contributed by atoms with Crippen molar-refractivity contribution in [2.24, 2.45) is 5.92 Å². The Balaban J connectivity index is 2.38. The van der Waals surface area contributed by atoms with Crippen LogP contribution in [0.3, 0.4) is 0 Å². The molecule has 1 saturated heterocycles. The molecule has 4 heteroatoms. The highest BCUT2D eigenvalue weighted by atomic mass is 16.2. The van der Waals surface area contributed by atoms with Gasteiger partial charge in [0.15, 0.2) is 0 Å². The molecule has 1 aliphatic rings.